The lowest BCUT2D eigenvalue weighted by molar-refractivity contribution is 0.0741. The van der Waals surface area contributed by atoms with Crippen LogP contribution in [0.15, 0.2) is 12.4 Å². The van der Waals surface area contributed by atoms with Crippen molar-refractivity contribution in [2.24, 2.45) is 5.84 Å². The summed E-state index contributed by atoms with van der Waals surface area (Å²) in [6.45, 7) is 0. The van der Waals surface area contributed by atoms with E-state index in [1.807, 2.05) is 18.8 Å². The first kappa shape index (κ1) is 12.1. The van der Waals surface area contributed by atoms with Crippen molar-refractivity contribution in [3.63, 3.8) is 0 Å². The van der Waals surface area contributed by atoms with Crippen molar-refractivity contribution in [1.82, 2.24) is 14.9 Å². The normalized spacial score (nSPS) is 19.1. The maximum Gasteiger partial charge on any atom is 0.274 e. The summed E-state index contributed by atoms with van der Waals surface area (Å²) in [7, 11) is 1.81. The van der Waals surface area contributed by atoms with E-state index in [0.29, 0.717) is 17.6 Å². The van der Waals surface area contributed by atoms with Crippen LogP contribution in [-0.4, -0.2) is 45.4 Å². The lowest BCUT2D eigenvalue weighted by Gasteiger charge is -2.23. The average molecular weight is 253 g/mol. The van der Waals surface area contributed by atoms with Crippen LogP contribution in [0.3, 0.4) is 0 Å². The van der Waals surface area contributed by atoms with E-state index in [2.05, 4.69) is 15.4 Å². The van der Waals surface area contributed by atoms with Gasteiger partial charge in [-0.1, -0.05) is 0 Å². The number of thioether (sulfide) groups is 1. The molecule has 1 unspecified atom stereocenters. The number of nitrogens with one attached hydrogen (secondary N) is 1. The molecule has 2 rings (SSSR count). The van der Waals surface area contributed by atoms with Gasteiger partial charge in [0.25, 0.3) is 5.91 Å². The number of carbonyl (C=O) groups excluding carboxylic acids is 1. The molecule has 1 aliphatic heterocycles. The third-order valence-corrected chi connectivity index (χ3v) is 3.92. The smallest absolute Gasteiger partial charge is 0.274 e. The second kappa shape index (κ2) is 5.33. The molecule has 1 aliphatic rings. The molecule has 1 atom stereocenters. The van der Waals surface area contributed by atoms with Crippen molar-refractivity contribution in [2.75, 3.05) is 24.0 Å². The Morgan fingerprint density at radius 2 is 2.47 bits per heavy atom. The molecule has 0 saturated carbocycles. The Hall–Kier alpha value is -1.34. The minimum atomic E-state index is -0.109. The molecule has 2 heterocycles. The number of anilines is 1. The molecule has 92 valence electrons. The summed E-state index contributed by atoms with van der Waals surface area (Å²) in [4.78, 5) is 21.9. The molecule has 3 N–H and O–H groups in total. The van der Waals surface area contributed by atoms with Crippen molar-refractivity contribution < 1.29 is 4.79 Å². The van der Waals surface area contributed by atoms with Gasteiger partial charge in [-0.3, -0.25) is 9.78 Å². The number of amides is 1. The molecular formula is C10H15N5OS. The third kappa shape index (κ3) is 2.67. The molecule has 0 bridgehead atoms. The highest BCUT2D eigenvalue weighted by Crippen LogP contribution is 2.22. The fraction of sp³-hybridized carbons (Fsp3) is 0.500. The quantitative estimate of drug-likeness (QED) is 0.597. The molecular weight excluding hydrogens is 238 g/mol. The van der Waals surface area contributed by atoms with Gasteiger partial charge in [0.15, 0.2) is 5.82 Å². The van der Waals surface area contributed by atoms with Gasteiger partial charge in [-0.05, 0) is 12.2 Å². The summed E-state index contributed by atoms with van der Waals surface area (Å²) < 4.78 is 0. The van der Waals surface area contributed by atoms with Gasteiger partial charge in [-0.25, -0.2) is 10.8 Å². The molecule has 1 saturated heterocycles. The van der Waals surface area contributed by atoms with E-state index in [0.717, 1.165) is 17.9 Å². The maximum absolute atomic E-state index is 12.1. The largest absolute Gasteiger partial charge is 0.336 e. The molecule has 0 aliphatic carbocycles. The summed E-state index contributed by atoms with van der Waals surface area (Å²) >= 11 is 1.87. The van der Waals surface area contributed by atoms with Crippen molar-refractivity contribution in [1.29, 1.82) is 0 Å². The molecule has 1 aromatic heterocycles. The molecule has 1 amide bonds. The van der Waals surface area contributed by atoms with Gasteiger partial charge >= 0.3 is 0 Å². The van der Waals surface area contributed by atoms with Crippen molar-refractivity contribution in [2.45, 2.75) is 12.5 Å². The van der Waals surface area contributed by atoms with E-state index in [4.69, 9.17) is 5.84 Å². The summed E-state index contributed by atoms with van der Waals surface area (Å²) in [6.07, 6.45) is 3.97. The number of nitrogens with zero attached hydrogens (tertiary/aromatic N) is 3. The Morgan fingerprint density at radius 3 is 3.12 bits per heavy atom. The number of hydrogen-bond donors (Lipinski definition) is 2. The Bertz CT molecular complexity index is 407. The van der Waals surface area contributed by atoms with Crippen LogP contribution >= 0.6 is 11.8 Å². The number of hydrazine groups is 1. The lowest BCUT2D eigenvalue weighted by atomic mass is 10.2. The summed E-state index contributed by atoms with van der Waals surface area (Å²) in [5.74, 6) is 7.62. The molecule has 1 fully saturated rings. The molecule has 17 heavy (non-hydrogen) atoms. The van der Waals surface area contributed by atoms with E-state index in [1.165, 1.54) is 12.4 Å². The average Bonchev–Trinajstić information content (AvgIpc) is 2.91. The maximum atomic E-state index is 12.1. The summed E-state index contributed by atoms with van der Waals surface area (Å²) in [6, 6.07) is 0.295. The van der Waals surface area contributed by atoms with Gasteiger partial charge in [0.2, 0.25) is 0 Å². The molecule has 6 nitrogen and oxygen atoms in total. The number of rotatable bonds is 3. The standard InChI is InChI=1S/C10H15N5OS/c1-15(7-2-3-17-6-7)10(16)8-4-12-5-9(13-8)14-11/h4-5,7H,2-3,6,11H2,1H3,(H,13,14). The van der Waals surface area contributed by atoms with Crippen LogP contribution in [0.2, 0.25) is 0 Å². The fourth-order valence-corrected chi connectivity index (χ4v) is 2.98. The summed E-state index contributed by atoms with van der Waals surface area (Å²) in [5.41, 5.74) is 2.70. The van der Waals surface area contributed by atoms with Crippen LogP contribution in [0, 0.1) is 0 Å². The molecule has 0 radical (unpaired) electrons. The van der Waals surface area contributed by atoms with Crippen LogP contribution in [0.4, 0.5) is 5.82 Å². The Kier molecular flexibility index (Phi) is 3.80. The monoisotopic (exact) mass is 253 g/mol. The number of carbonyl (C=O) groups is 1. The zero-order valence-electron chi connectivity index (χ0n) is 9.59. The van der Waals surface area contributed by atoms with Gasteiger partial charge in [0.1, 0.15) is 5.69 Å². The molecule has 0 spiro atoms. The van der Waals surface area contributed by atoms with E-state index >= 15 is 0 Å². The highest BCUT2D eigenvalue weighted by Gasteiger charge is 2.25. The van der Waals surface area contributed by atoms with Crippen LogP contribution in [0.1, 0.15) is 16.9 Å². The third-order valence-electron chi connectivity index (χ3n) is 2.78. The van der Waals surface area contributed by atoms with E-state index in [1.54, 1.807) is 4.90 Å². The van der Waals surface area contributed by atoms with Crippen molar-refractivity contribution in [3.05, 3.63) is 18.1 Å². The second-order valence-electron chi connectivity index (χ2n) is 3.87. The van der Waals surface area contributed by atoms with Crippen LogP contribution in [-0.2, 0) is 0 Å². The minimum Gasteiger partial charge on any atom is -0.336 e. The van der Waals surface area contributed by atoms with Gasteiger partial charge < -0.3 is 10.3 Å². The van der Waals surface area contributed by atoms with E-state index in [-0.39, 0.29) is 5.91 Å². The van der Waals surface area contributed by atoms with Crippen molar-refractivity contribution in [3.8, 4) is 0 Å². The zero-order chi connectivity index (χ0) is 12.3. The van der Waals surface area contributed by atoms with Crippen LogP contribution in [0.25, 0.3) is 0 Å². The van der Waals surface area contributed by atoms with Crippen molar-refractivity contribution >= 4 is 23.5 Å². The predicted octanol–water partition coefficient (Wildman–Crippen LogP) is 0.340. The Labute approximate surface area is 104 Å². The zero-order valence-corrected chi connectivity index (χ0v) is 10.4. The number of aromatic nitrogens is 2. The second-order valence-corrected chi connectivity index (χ2v) is 5.02. The highest BCUT2D eigenvalue weighted by atomic mass is 32.2. The SMILES string of the molecule is CN(C(=O)c1cncc(NN)n1)C1CCSC1. The van der Waals surface area contributed by atoms with Gasteiger partial charge in [0.05, 0.1) is 12.4 Å². The van der Waals surface area contributed by atoms with E-state index in [9.17, 15) is 4.79 Å². The number of hydrogen-bond acceptors (Lipinski definition) is 6. The predicted molar refractivity (Wildman–Crippen MR) is 67.7 cm³/mol. The lowest BCUT2D eigenvalue weighted by Crippen LogP contribution is -2.37. The molecule has 0 aromatic carbocycles. The Morgan fingerprint density at radius 1 is 1.65 bits per heavy atom. The number of nitrogen functional groups attached to an aromatic ring is 1. The van der Waals surface area contributed by atoms with Gasteiger partial charge in [-0.2, -0.15) is 11.8 Å². The Balaban J connectivity index is 2.12. The van der Waals surface area contributed by atoms with Crippen LogP contribution < -0.4 is 11.3 Å². The summed E-state index contributed by atoms with van der Waals surface area (Å²) in [5, 5.41) is 0. The number of nitrogens with two attached hydrogens (primary N) is 1. The highest BCUT2D eigenvalue weighted by molar-refractivity contribution is 7.99. The first-order valence-electron chi connectivity index (χ1n) is 5.36. The molecule has 7 heteroatoms. The molecule has 1 aromatic rings. The van der Waals surface area contributed by atoms with Gasteiger partial charge in [-0.15, -0.1) is 0 Å². The van der Waals surface area contributed by atoms with E-state index < -0.39 is 0 Å². The van der Waals surface area contributed by atoms with Gasteiger partial charge in [0, 0.05) is 18.8 Å². The topological polar surface area (TPSA) is 84.1 Å². The van der Waals surface area contributed by atoms with Crippen LogP contribution in [0.5, 0.6) is 0 Å². The first-order chi connectivity index (χ1) is 8.22. The minimum absolute atomic E-state index is 0.109. The first-order valence-corrected chi connectivity index (χ1v) is 6.51. The fourth-order valence-electron chi connectivity index (χ4n) is 1.71.